The van der Waals surface area contributed by atoms with E-state index < -0.39 is 0 Å². The van der Waals surface area contributed by atoms with Crippen molar-refractivity contribution in [1.82, 2.24) is 29.9 Å². The van der Waals surface area contributed by atoms with Crippen molar-refractivity contribution in [2.24, 2.45) is 7.05 Å². The van der Waals surface area contributed by atoms with E-state index in [1.807, 2.05) is 110 Å². The molecule has 0 atom stereocenters. The Labute approximate surface area is 413 Å². The zero-order valence-electron chi connectivity index (χ0n) is 39.6. The van der Waals surface area contributed by atoms with Crippen LogP contribution < -0.4 is 9.47 Å². The van der Waals surface area contributed by atoms with Gasteiger partial charge in [0.2, 0.25) is 0 Å². The molecule has 0 bridgehead atoms. The van der Waals surface area contributed by atoms with Gasteiger partial charge in [-0.1, -0.05) is 87.5 Å². The fourth-order valence-electron chi connectivity index (χ4n) is 7.94. The van der Waals surface area contributed by atoms with Crippen molar-refractivity contribution < 1.29 is 24.1 Å². The van der Waals surface area contributed by atoms with Crippen LogP contribution >= 0.6 is 22.7 Å². The highest BCUT2D eigenvalue weighted by molar-refractivity contribution is 7.23. The molecular weight excluding hydrogens is 916 g/mol. The molecule has 0 spiro atoms. The molecular formula is C57H51FN6O4S2. The molecule has 10 nitrogen and oxygen atoms in total. The number of aryl methyl sites for hydroxylation is 3. The van der Waals surface area contributed by atoms with Crippen molar-refractivity contribution in [3.8, 4) is 55.4 Å². The quantitative estimate of drug-likeness (QED) is 0.104. The third kappa shape index (κ3) is 10.6. The number of hydrogen-bond acceptors (Lipinski definition) is 10. The van der Waals surface area contributed by atoms with Crippen molar-refractivity contribution in [3.05, 3.63) is 179 Å². The number of fused-ring (bicyclic) bond motifs is 2. The number of phenolic OH excluding ortho intramolecular Hbond substituents is 2. The SMILES string of the molecule is CCCc1nc(/C=C/c2ccc(Oc3c(-c4ccccc4C(C)C)sc4cc(O)ccc34)cc2)n[nH]1.Cc1cc(F)ccc1-c1sc2cc(O)ccc2c1Oc1ccc(/C=C/c2nnc(C)n2C)cc1. The molecule has 70 heavy (non-hydrogen) atoms. The summed E-state index contributed by atoms with van der Waals surface area (Å²) in [5.74, 6) is 6.71. The van der Waals surface area contributed by atoms with Crippen LogP contribution in [0.4, 0.5) is 4.39 Å². The average molecular weight is 967 g/mol. The van der Waals surface area contributed by atoms with Gasteiger partial charge in [0.25, 0.3) is 0 Å². The zero-order valence-corrected chi connectivity index (χ0v) is 41.2. The van der Waals surface area contributed by atoms with Gasteiger partial charge in [-0.05, 0) is 145 Å². The largest absolute Gasteiger partial charge is 0.508 e. The summed E-state index contributed by atoms with van der Waals surface area (Å²) in [4.78, 5) is 6.44. The van der Waals surface area contributed by atoms with Crippen LogP contribution in [0, 0.1) is 19.7 Å². The van der Waals surface area contributed by atoms with E-state index in [0.29, 0.717) is 23.2 Å². The number of benzene rings is 6. The molecule has 0 unspecified atom stereocenters. The second-order valence-corrected chi connectivity index (χ2v) is 19.3. The van der Waals surface area contributed by atoms with Gasteiger partial charge in [0.05, 0.1) is 9.75 Å². The summed E-state index contributed by atoms with van der Waals surface area (Å²) in [5, 5.41) is 37.4. The Morgan fingerprint density at radius 3 is 1.83 bits per heavy atom. The highest BCUT2D eigenvalue weighted by Gasteiger charge is 2.21. The summed E-state index contributed by atoms with van der Waals surface area (Å²) < 4.78 is 30.4. The van der Waals surface area contributed by atoms with Crippen molar-refractivity contribution in [3.63, 3.8) is 0 Å². The minimum atomic E-state index is -0.275. The Bertz CT molecular complexity index is 3510. The van der Waals surface area contributed by atoms with Crippen LogP contribution in [0.3, 0.4) is 0 Å². The monoisotopic (exact) mass is 966 g/mol. The molecule has 6 aromatic carbocycles. The fourth-order valence-corrected chi connectivity index (χ4v) is 10.4. The lowest BCUT2D eigenvalue weighted by Crippen LogP contribution is -1.93. The van der Waals surface area contributed by atoms with Crippen LogP contribution in [0.15, 0.2) is 127 Å². The number of aromatic nitrogens is 6. The van der Waals surface area contributed by atoms with Crippen LogP contribution in [0.25, 0.3) is 65.4 Å². The van der Waals surface area contributed by atoms with Crippen molar-refractivity contribution in [2.75, 3.05) is 0 Å². The number of nitrogens with one attached hydrogen (secondary N) is 1. The second kappa shape index (κ2) is 20.8. The molecule has 0 aliphatic carbocycles. The molecule has 0 saturated carbocycles. The van der Waals surface area contributed by atoms with Crippen molar-refractivity contribution >= 4 is 67.1 Å². The number of ether oxygens (including phenoxy) is 2. The molecule has 4 aromatic heterocycles. The van der Waals surface area contributed by atoms with E-state index in [1.54, 1.807) is 41.7 Å². The van der Waals surface area contributed by atoms with Gasteiger partial charge in [-0.25, -0.2) is 9.37 Å². The first kappa shape index (κ1) is 47.2. The summed E-state index contributed by atoms with van der Waals surface area (Å²) in [5.41, 5.74) is 6.19. The Morgan fingerprint density at radius 1 is 0.686 bits per heavy atom. The lowest BCUT2D eigenvalue weighted by molar-refractivity contribution is 0.475. The summed E-state index contributed by atoms with van der Waals surface area (Å²) in [7, 11) is 1.93. The van der Waals surface area contributed by atoms with Gasteiger partial charge in [0, 0.05) is 33.6 Å². The number of phenols is 2. The predicted molar refractivity (Wildman–Crippen MR) is 284 cm³/mol. The molecule has 4 heterocycles. The van der Waals surface area contributed by atoms with Crippen LogP contribution in [-0.2, 0) is 13.5 Å². The number of nitrogens with zero attached hydrogens (tertiary/aromatic N) is 5. The number of H-pyrrole nitrogens is 1. The average Bonchev–Trinajstić information content (AvgIpc) is 4.13. The van der Waals surface area contributed by atoms with Crippen LogP contribution in [-0.4, -0.2) is 40.2 Å². The molecule has 13 heteroatoms. The normalized spacial score (nSPS) is 11.6. The highest BCUT2D eigenvalue weighted by atomic mass is 32.1. The number of halogens is 1. The summed E-state index contributed by atoms with van der Waals surface area (Å²) in [6.45, 7) is 10.3. The number of rotatable bonds is 13. The van der Waals surface area contributed by atoms with E-state index in [2.05, 4.69) is 70.4 Å². The van der Waals surface area contributed by atoms with E-state index >= 15 is 0 Å². The smallest absolute Gasteiger partial charge is 0.173 e. The third-order valence-electron chi connectivity index (χ3n) is 11.7. The van der Waals surface area contributed by atoms with E-state index in [9.17, 15) is 14.6 Å². The van der Waals surface area contributed by atoms with E-state index in [4.69, 9.17) is 9.47 Å². The molecule has 0 fully saturated rings. The zero-order chi connectivity index (χ0) is 48.9. The molecule has 3 N–H and O–H groups in total. The molecule has 0 aliphatic rings. The van der Waals surface area contributed by atoms with Crippen molar-refractivity contribution in [2.45, 2.75) is 53.4 Å². The minimum absolute atomic E-state index is 0.192. The van der Waals surface area contributed by atoms with Gasteiger partial charge in [-0.15, -0.1) is 32.9 Å². The third-order valence-corrected chi connectivity index (χ3v) is 14.1. The minimum Gasteiger partial charge on any atom is -0.508 e. The Kier molecular flexibility index (Phi) is 14.0. The lowest BCUT2D eigenvalue weighted by atomic mass is 9.96. The van der Waals surface area contributed by atoms with Gasteiger partial charge in [-0.3, -0.25) is 5.10 Å². The Balaban J connectivity index is 0.000000174. The molecule has 10 aromatic rings. The summed E-state index contributed by atoms with van der Waals surface area (Å²) >= 11 is 3.15. The van der Waals surface area contributed by atoms with Gasteiger partial charge < -0.3 is 24.3 Å². The van der Waals surface area contributed by atoms with E-state index in [0.717, 1.165) is 99.6 Å². The molecule has 0 aliphatic heterocycles. The molecule has 0 saturated heterocycles. The van der Waals surface area contributed by atoms with Crippen LogP contribution in [0.5, 0.6) is 34.5 Å². The van der Waals surface area contributed by atoms with Gasteiger partial charge in [0.1, 0.15) is 40.5 Å². The Hall–Kier alpha value is -7.87. The first-order chi connectivity index (χ1) is 33.9. The number of aromatic hydroxyl groups is 2. The Morgan fingerprint density at radius 2 is 1.27 bits per heavy atom. The first-order valence-electron chi connectivity index (χ1n) is 23.0. The maximum atomic E-state index is 13.7. The molecule has 0 radical (unpaired) electrons. The maximum Gasteiger partial charge on any atom is 0.173 e. The maximum absolute atomic E-state index is 13.7. The van der Waals surface area contributed by atoms with E-state index in [-0.39, 0.29) is 17.3 Å². The number of hydrogen-bond donors (Lipinski definition) is 3. The fraction of sp³-hybridized carbons (Fsp3) is 0.158. The lowest BCUT2D eigenvalue weighted by Gasteiger charge is -2.14. The second-order valence-electron chi connectivity index (χ2n) is 17.1. The molecule has 0 amide bonds. The number of aromatic amines is 1. The number of thiophene rings is 2. The van der Waals surface area contributed by atoms with Crippen LogP contribution in [0.1, 0.15) is 78.7 Å². The topological polar surface area (TPSA) is 131 Å². The van der Waals surface area contributed by atoms with Crippen LogP contribution in [0.2, 0.25) is 0 Å². The van der Waals surface area contributed by atoms with Gasteiger partial charge in [-0.2, -0.15) is 5.10 Å². The highest BCUT2D eigenvalue weighted by Crippen LogP contribution is 2.50. The summed E-state index contributed by atoms with van der Waals surface area (Å²) in [6, 6.07) is 39.6. The molecule has 352 valence electrons. The first-order valence-corrected chi connectivity index (χ1v) is 24.6. The molecule has 10 rings (SSSR count). The van der Waals surface area contributed by atoms with Gasteiger partial charge >= 0.3 is 0 Å². The standard InChI is InChI=1S/C30H29N3O2S.C27H22FN3O2S/c1-4-7-27-31-28(33-32-27)17-12-20-10-14-22(15-11-20)35-29-25-16-13-21(34)18-26(25)36-30(29)24-9-6-5-8-23(24)19(2)3;1-16-14-19(28)7-11-22(16)27-26(23-12-8-20(32)15-24(23)34-27)33-21-9-4-18(5-10-21)6-13-25-30-29-17(2)31(25)3/h5-6,8-19,34H,4,7H2,1-3H3,(H,31,32,33);4-15,32H,1-3H3/b17-12+;13-6+. The predicted octanol–water partition coefficient (Wildman–Crippen LogP) is 15.6. The van der Waals surface area contributed by atoms with E-state index in [1.165, 1.54) is 29.0 Å². The van der Waals surface area contributed by atoms with Crippen molar-refractivity contribution in [1.29, 1.82) is 0 Å². The summed E-state index contributed by atoms with van der Waals surface area (Å²) in [6.07, 6.45) is 9.73. The van der Waals surface area contributed by atoms with Gasteiger partial charge in [0.15, 0.2) is 23.1 Å².